The first-order valence-electron chi connectivity index (χ1n) is 5.69. The lowest BCUT2D eigenvalue weighted by molar-refractivity contribution is 0.669. The largest absolute Gasteiger partial charge is 0.456 e. The van der Waals surface area contributed by atoms with Crippen molar-refractivity contribution in [3.8, 4) is 0 Å². The molecule has 16 heavy (non-hydrogen) atoms. The van der Waals surface area contributed by atoms with E-state index in [1.165, 1.54) is 21.5 Å². The highest BCUT2D eigenvalue weighted by Gasteiger charge is 2.06. The van der Waals surface area contributed by atoms with Crippen molar-refractivity contribution in [2.24, 2.45) is 0 Å². The average Bonchev–Trinajstić information content (AvgIpc) is 2.66. The van der Waals surface area contributed by atoms with Crippen LogP contribution in [0.15, 0.2) is 40.8 Å². The average molecular weight is 226 g/mol. The summed E-state index contributed by atoms with van der Waals surface area (Å²) >= 11 is 0. The van der Waals surface area contributed by atoms with Crippen LogP contribution in [0.2, 0.25) is 6.55 Å². The second-order valence-electron chi connectivity index (χ2n) is 4.29. The van der Waals surface area contributed by atoms with Gasteiger partial charge in [-0.2, -0.15) is 0 Å². The minimum Gasteiger partial charge on any atom is -0.456 e. The molecule has 0 saturated heterocycles. The number of furan rings is 1. The molecule has 3 rings (SSSR count). The Bertz CT molecular complexity index is 667. The molecule has 0 saturated carbocycles. The van der Waals surface area contributed by atoms with Crippen LogP contribution < -0.4 is 5.19 Å². The van der Waals surface area contributed by atoms with Gasteiger partial charge in [0.2, 0.25) is 0 Å². The van der Waals surface area contributed by atoms with E-state index in [-0.39, 0.29) is 9.52 Å². The molecule has 0 aliphatic carbocycles. The number of aryl methyl sites for hydroxylation is 1. The van der Waals surface area contributed by atoms with E-state index in [9.17, 15) is 0 Å². The molecule has 0 fully saturated rings. The number of hydrogen-bond donors (Lipinski definition) is 0. The van der Waals surface area contributed by atoms with Gasteiger partial charge in [-0.1, -0.05) is 35.5 Å². The molecule has 0 spiro atoms. The van der Waals surface area contributed by atoms with Crippen molar-refractivity contribution in [3.05, 3.63) is 42.0 Å². The fourth-order valence-corrected chi connectivity index (χ4v) is 2.92. The third-order valence-electron chi connectivity index (χ3n) is 3.10. The van der Waals surface area contributed by atoms with Crippen LogP contribution in [-0.4, -0.2) is 9.52 Å². The highest BCUT2D eigenvalue weighted by molar-refractivity contribution is 6.52. The van der Waals surface area contributed by atoms with Crippen LogP contribution in [0.4, 0.5) is 0 Å². The summed E-state index contributed by atoms with van der Waals surface area (Å²) in [5.41, 5.74) is 3.29. The number of benzene rings is 2. The lowest BCUT2D eigenvalue weighted by Gasteiger charge is -1.95. The minimum absolute atomic E-state index is 0.0931. The number of fused-ring (bicyclic) bond motifs is 3. The van der Waals surface area contributed by atoms with Gasteiger partial charge in [-0.05, 0) is 25.1 Å². The van der Waals surface area contributed by atoms with Crippen molar-refractivity contribution < 1.29 is 4.42 Å². The van der Waals surface area contributed by atoms with E-state index in [1.807, 2.05) is 0 Å². The maximum absolute atomic E-state index is 5.82. The van der Waals surface area contributed by atoms with Crippen molar-refractivity contribution in [3.63, 3.8) is 0 Å². The van der Waals surface area contributed by atoms with Gasteiger partial charge in [-0.3, -0.25) is 0 Å². The van der Waals surface area contributed by atoms with Gasteiger partial charge in [-0.25, -0.2) is 0 Å². The second-order valence-corrected chi connectivity index (χ2v) is 5.81. The van der Waals surface area contributed by atoms with Gasteiger partial charge in [0.25, 0.3) is 0 Å². The summed E-state index contributed by atoms with van der Waals surface area (Å²) in [6.45, 7) is 4.44. The molecule has 0 aliphatic heterocycles. The highest BCUT2D eigenvalue weighted by Crippen LogP contribution is 2.28. The molecule has 0 radical (unpaired) electrons. The fraction of sp³-hybridized carbons (Fsp3) is 0.143. The lowest BCUT2D eigenvalue weighted by Crippen LogP contribution is -2.08. The predicted octanol–water partition coefficient (Wildman–Crippen LogP) is 2.74. The quantitative estimate of drug-likeness (QED) is 0.582. The number of hydrogen-bond acceptors (Lipinski definition) is 1. The third kappa shape index (κ3) is 1.38. The molecule has 0 bridgehead atoms. The summed E-state index contributed by atoms with van der Waals surface area (Å²) in [6, 6.07) is 13.0. The fourth-order valence-electron chi connectivity index (χ4n) is 2.16. The topological polar surface area (TPSA) is 13.1 Å². The van der Waals surface area contributed by atoms with Crippen LogP contribution in [0.25, 0.3) is 21.9 Å². The van der Waals surface area contributed by atoms with Crippen LogP contribution in [0.5, 0.6) is 0 Å². The second kappa shape index (κ2) is 3.49. The Balaban J connectivity index is 2.44. The van der Waals surface area contributed by atoms with Crippen molar-refractivity contribution in [1.29, 1.82) is 0 Å². The van der Waals surface area contributed by atoms with E-state index in [0.29, 0.717) is 0 Å². The van der Waals surface area contributed by atoms with Crippen LogP contribution in [0.1, 0.15) is 5.56 Å². The summed E-state index contributed by atoms with van der Waals surface area (Å²) in [6.07, 6.45) is 0. The number of rotatable bonds is 1. The molecule has 0 unspecified atom stereocenters. The van der Waals surface area contributed by atoms with Gasteiger partial charge in [-0.15, -0.1) is 0 Å². The zero-order valence-electron chi connectivity index (χ0n) is 9.58. The van der Waals surface area contributed by atoms with E-state index >= 15 is 0 Å². The SMILES string of the molecule is C[SiH2]c1ccc2oc3ccc(C)cc3c2c1. The van der Waals surface area contributed by atoms with Gasteiger partial charge in [0.15, 0.2) is 0 Å². The predicted molar refractivity (Wildman–Crippen MR) is 72.5 cm³/mol. The Labute approximate surface area is 96.9 Å². The minimum atomic E-state index is -0.0931. The summed E-state index contributed by atoms with van der Waals surface area (Å²) < 4.78 is 5.82. The molecule has 0 amide bonds. The van der Waals surface area contributed by atoms with E-state index < -0.39 is 0 Å². The Morgan fingerprint density at radius 1 is 0.938 bits per heavy atom. The molecule has 0 aliphatic rings. The van der Waals surface area contributed by atoms with Gasteiger partial charge < -0.3 is 4.42 Å². The maximum Gasteiger partial charge on any atom is 0.135 e. The van der Waals surface area contributed by atoms with Gasteiger partial charge in [0.05, 0.1) is 9.52 Å². The van der Waals surface area contributed by atoms with E-state index in [1.54, 1.807) is 0 Å². The van der Waals surface area contributed by atoms with Crippen LogP contribution in [-0.2, 0) is 0 Å². The molecule has 80 valence electrons. The molecular weight excluding hydrogens is 212 g/mol. The summed E-state index contributed by atoms with van der Waals surface area (Å²) in [5.74, 6) is 0. The van der Waals surface area contributed by atoms with Crippen molar-refractivity contribution in [2.75, 3.05) is 0 Å². The Morgan fingerprint density at radius 3 is 2.38 bits per heavy atom. The first-order valence-corrected chi connectivity index (χ1v) is 7.82. The van der Waals surface area contributed by atoms with Crippen molar-refractivity contribution in [2.45, 2.75) is 13.5 Å². The maximum atomic E-state index is 5.82. The van der Waals surface area contributed by atoms with Crippen LogP contribution in [0.3, 0.4) is 0 Å². The van der Waals surface area contributed by atoms with Gasteiger partial charge in [0, 0.05) is 10.8 Å². The smallest absolute Gasteiger partial charge is 0.135 e. The molecule has 0 N–H and O–H groups in total. The van der Waals surface area contributed by atoms with Crippen molar-refractivity contribution in [1.82, 2.24) is 0 Å². The first-order chi connectivity index (χ1) is 7.78. The van der Waals surface area contributed by atoms with Gasteiger partial charge >= 0.3 is 0 Å². The zero-order chi connectivity index (χ0) is 11.1. The lowest BCUT2D eigenvalue weighted by atomic mass is 10.1. The Morgan fingerprint density at radius 2 is 1.62 bits per heavy atom. The molecule has 2 aromatic carbocycles. The molecule has 3 aromatic rings. The summed E-state index contributed by atoms with van der Waals surface area (Å²) in [5, 5.41) is 4.02. The van der Waals surface area contributed by atoms with E-state index in [4.69, 9.17) is 4.42 Å². The Kier molecular flexibility index (Phi) is 2.11. The van der Waals surface area contributed by atoms with Crippen molar-refractivity contribution >= 4 is 36.6 Å². The van der Waals surface area contributed by atoms with E-state index in [0.717, 1.165) is 11.2 Å². The monoisotopic (exact) mass is 226 g/mol. The molecule has 1 heterocycles. The molecule has 2 heteroatoms. The molecular formula is C14H14OSi. The first kappa shape index (κ1) is 9.67. The standard InChI is InChI=1S/C14H14OSi/c1-9-3-5-13-11(7-9)12-8-10(16-2)4-6-14(12)15-13/h3-8H,16H2,1-2H3. The highest BCUT2D eigenvalue weighted by atomic mass is 28.2. The molecule has 0 atom stereocenters. The van der Waals surface area contributed by atoms with Crippen LogP contribution >= 0.6 is 0 Å². The zero-order valence-corrected chi connectivity index (χ0v) is 11.0. The summed E-state index contributed by atoms with van der Waals surface area (Å²) in [4.78, 5) is 0. The normalized spacial score (nSPS) is 12.1. The van der Waals surface area contributed by atoms with Gasteiger partial charge in [0.1, 0.15) is 11.2 Å². The Hall–Kier alpha value is -1.54. The molecule has 1 aromatic heterocycles. The molecule has 1 nitrogen and oxygen atoms in total. The van der Waals surface area contributed by atoms with E-state index in [2.05, 4.69) is 49.9 Å². The third-order valence-corrected chi connectivity index (χ3v) is 4.35. The van der Waals surface area contributed by atoms with Crippen LogP contribution in [0, 0.1) is 6.92 Å². The summed E-state index contributed by atoms with van der Waals surface area (Å²) in [7, 11) is -0.0931.